The minimum absolute atomic E-state index is 0.213. The summed E-state index contributed by atoms with van der Waals surface area (Å²) in [4.78, 5) is 17.2. The van der Waals surface area contributed by atoms with E-state index in [1.165, 1.54) is 0 Å². The van der Waals surface area contributed by atoms with E-state index in [-0.39, 0.29) is 5.91 Å². The highest BCUT2D eigenvalue weighted by Crippen LogP contribution is 2.29. The number of ether oxygens (including phenoxy) is 1. The van der Waals surface area contributed by atoms with Crippen LogP contribution in [-0.4, -0.2) is 62.5 Å². The Balaban J connectivity index is 1.52. The lowest BCUT2D eigenvalue weighted by molar-refractivity contribution is 0.0944. The summed E-state index contributed by atoms with van der Waals surface area (Å²) in [5.74, 6) is 0.597. The molecule has 1 saturated heterocycles. The molecule has 31 heavy (non-hydrogen) atoms. The first kappa shape index (κ1) is 21.3. The number of hydrogen-bond acceptors (Lipinski definition) is 6. The number of hydrogen-bond donors (Lipinski definition) is 1. The van der Waals surface area contributed by atoms with Gasteiger partial charge in [0.1, 0.15) is 0 Å². The fraction of sp³-hybridized carbons (Fsp3) is 0.348. The number of carbonyl (C=O) groups excluding carboxylic acids is 1. The summed E-state index contributed by atoms with van der Waals surface area (Å²) in [6.07, 6.45) is 0.751. The van der Waals surface area contributed by atoms with Crippen LogP contribution < -0.4 is 15.1 Å². The molecule has 1 N–H and O–H groups in total. The van der Waals surface area contributed by atoms with Crippen molar-refractivity contribution in [3.8, 4) is 0 Å². The van der Waals surface area contributed by atoms with Crippen molar-refractivity contribution >= 4 is 39.8 Å². The highest BCUT2D eigenvalue weighted by atomic mass is 35.5. The van der Waals surface area contributed by atoms with Crippen molar-refractivity contribution in [3.05, 3.63) is 59.2 Å². The van der Waals surface area contributed by atoms with Gasteiger partial charge in [-0.05, 0) is 18.6 Å². The molecule has 0 saturated carbocycles. The SMILES string of the molecule is COCCCNC(=O)c1nnc(N2CCN(c3ccccc3Cl)CC2)c2ccccc12. The molecule has 0 spiro atoms. The molecule has 0 aliphatic carbocycles. The average molecular weight is 440 g/mol. The number of methoxy groups -OCH3 is 1. The number of nitrogens with one attached hydrogen (secondary N) is 1. The predicted octanol–water partition coefficient (Wildman–Crippen LogP) is 3.38. The molecule has 0 unspecified atom stereocenters. The Morgan fingerprint density at radius 1 is 1.00 bits per heavy atom. The third-order valence-electron chi connectivity index (χ3n) is 5.47. The summed E-state index contributed by atoms with van der Waals surface area (Å²) in [5.41, 5.74) is 1.41. The van der Waals surface area contributed by atoms with Gasteiger partial charge in [0.15, 0.2) is 11.5 Å². The van der Waals surface area contributed by atoms with Gasteiger partial charge in [-0.3, -0.25) is 4.79 Å². The lowest BCUT2D eigenvalue weighted by atomic mass is 10.1. The Kier molecular flexibility index (Phi) is 6.84. The molecule has 7 nitrogen and oxygen atoms in total. The topological polar surface area (TPSA) is 70.6 Å². The van der Waals surface area contributed by atoms with Gasteiger partial charge in [-0.1, -0.05) is 48.0 Å². The maximum absolute atomic E-state index is 12.7. The van der Waals surface area contributed by atoms with Crippen LogP contribution in [-0.2, 0) is 4.74 Å². The van der Waals surface area contributed by atoms with Crippen molar-refractivity contribution in [2.45, 2.75) is 6.42 Å². The highest BCUT2D eigenvalue weighted by molar-refractivity contribution is 6.33. The summed E-state index contributed by atoms with van der Waals surface area (Å²) < 4.78 is 5.03. The lowest BCUT2D eigenvalue weighted by Gasteiger charge is -2.37. The van der Waals surface area contributed by atoms with Crippen LogP contribution in [0.3, 0.4) is 0 Å². The molecule has 1 aliphatic heterocycles. The number of carbonyl (C=O) groups is 1. The molecule has 0 radical (unpaired) electrons. The van der Waals surface area contributed by atoms with Gasteiger partial charge in [-0.25, -0.2) is 0 Å². The van der Waals surface area contributed by atoms with E-state index in [0.717, 1.165) is 59.9 Å². The van der Waals surface area contributed by atoms with Gasteiger partial charge in [0.25, 0.3) is 5.91 Å². The van der Waals surface area contributed by atoms with Crippen LogP contribution in [0.5, 0.6) is 0 Å². The second-order valence-corrected chi connectivity index (χ2v) is 7.85. The molecule has 1 fully saturated rings. The standard InChI is InChI=1S/C23H26ClN5O2/c1-31-16-6-11-25-23(30)21-17-7-2-3-8-18(17)22(27-26-21)29-14-12-28(13-15-29)20-10-5-4-9-19(20)24/h2-5,7-10H,6,11-16H2,1H3,(H,25,30). The summed E-state index contributed by atoms with van der Waals surface area (Å²) in [5, 5.41) is 14.2. The number of aromatic nitrogens is 2. The van der Waals surface area contributed by atoms with E-state index in [1.54, 1.807) is 7.11 Å². The largest absolute Gasteiger partial charge is 0.385 e. The van der Waals surface area contributed by atoms with Crippen molar-refractivity contribution in [1.82, 2.24) is 15.5 Å². The van der Waals surface area contributed by atoms with Gasteiger partial charge < -0.3 is 19.9 Å². The minimum Gasteiger partial charge on any atom is -0.385 e. The molecule has 3 aromatic rings. The number of nitrogens with zero attached hydrogens (tertiary/aromatic N) is 4. The van der Waals surface area contributed by atoms with Gasteiger partial charge in [0.2, 0.25) is 0 Å². The van der Waals surface area contributed by atoms with Gasteiger partial charge in [0.05, 0.1) is 10.7 Å². The van der Waals surface area contributed by atoms with E-state index in [4.69, 9.17) is 16.3 Å². The van der Waals surface area contributed by atoms with Crippen molar-refractivity contribution in [2.75, 3.05) is 56.2 Å². The normalized spacial score (nSPS) is 14.1. The first-order valence-electron chi connectivity index (χ1n) is 10.5. The van der Waals surface area contributed by atoms with Crippen LogP contribution >= 0.6 is 11.6 Å². The first-order valence-corrected chi connectivity index (χ1v) is 10.8. The fourth-order valence-electron chi connectivity index (χ4n) is 3.86. The molecule has 4 rings (SSSR count). The molecule has 2 heterocycles. The van der Waals surface area contributed by atoms with Crippen LogP contribution in [0.25, 0.3) is 10.8 Å². The first-order chi connectivity index (χ1) is 15.2. The molecular weight excluding hydrogens is 414 g/mol. The van der Waals surface area contributed by atoms with E-state index >= 15 is 0 Å². The van der Waals surface area contributed by atoms with Gasteiger partial charge in [-0.15, -0.1) is 10.2 Å². The second kappa shape index (κ2) is 9.94. The minimum atomic E-state index is -0.213. The Labute approximate surface area is 187 Å². The van der Waals surface area contributed by atoms with E-state index in [9.17, 15) is 4.79 Å². The highest BCUT2D eigenvalue weighted by Gasteiger charge is 2.23. The Morgan fingerprint density at radius 3 is 2.42 bits per heavy atom. The molecule has 1 aliphatic rings. The maximum Gasteiger partial charge on any atom is 0.272 e. The molecule has 0 atom stereocenters. The quantitative estimate of drug-likeness (QED) is 0.569. The van der Waals surface area contributed by atoms with Crippen LogP contribution in [0.15, 0.2) is 48.5 Å². The zero-order valence-electron chi connectivity index (χ0n) is 17.6. The average Bonchev–Trinajstić information content (AvgIpc) is 2.81. The number of rotatable bonds is 7. The van der Waals surface area contributed by atoms with Crippen molar-refractivity contribution < 1.29 is 9.53 Å². The number of halogens is 1. The lowest BCUT2D eigenvalue weighted by Crippen LogP contribution is -2.47. The van der Waals surface area contributed by atoms with E-state index in [2.05, 4.69) is 25.3 Å². The number of amides is 1. The summed E-state index contributed by atoms with van der Waals surface area (Å²) in [6.45, 7) is 4.40. The van der Waals surface area contributed by atoms with Gasteiger partial charge in [0, 0.05) is 57.2 Å². The second-order valence-electron chi connectivity index (χ2n) is 7.45. The molecule has 0 bridgehead atoms. The smallest absolute Gasteiger partial charge is 0.272 e. The van der Waals surface area contributed by atoms with E-state index in [0.29, 0.717) is 18.8 Å². The third-order valence-corrected chi connectivity index (χ3v) is 5.79. The molecular formula is C23H26ClN5O2. The van der Waals surface area contributed by atoms with Crippen LogP contribution in [0, 0.1) is 0 Å². The zero-order chi connectivity index (χ0) is 21.6. The van der Waals surface area contributed by atoms with Crippen LogP contribution in [0.1, 0.15) is 16.9 Å². The number of para-hydroxylation sites is 1. The van der Waals surface area contributed by atoms with Crippen LogP contribution in [0.2, 0.25) is 5.02 Å². The number of benzene rings is 2. The van der Waals surface area contributed by atoms with E-state index in [1.807, 2.05) is 48.5 Å². The van der Waals surface area contributed by atoms with Crippen LogP contribution in [0.4, 0.5) is 11.5 Å². The van der Waals surface area contributed by atoms with Gasteiger partial charge >= 0.3 is 0 Å². The Hall–Kier alpha value is -2.90. The molecule has 1 aromatic heterocycles. The van der Waals surface area contributed by atoms with Gasteiger partial charge in [-0.2, -0.15) is 0 Å². The zero-order valence-corrected chi connectivity index (χ0v) is 18.3. The summed E-state index contributed by atoms with van der Waals surface area (Å²) in [7, 11) is 1.65. The van der Waals surface area contributed by atoms with Crippen molar-refractivity contribution in [1.29, 1.82) is 0 Å². The predicted molar refractivity (Wildman–Crippen MR) is 124 cm³/mol. The monoisotopic (exact) mass is 439 g/mol. The fourth-order valence-corrected chi connectivity index (χ4v) is 4.12. The van der Waals surface area contributed by atoms with Crippen molar-refractivity contribution in [3.63, 3.8) is 0 Å². The molecule has 2 aromatic carbocycles. The Bertz CT molecular complexity index is 1050. The molecule has 1 amide bonds. The third kappa shape index (κ3) is 4.73. The number of anilines is 2. The number of piperazine rings is 1. The molecule has 8 heteroatoms. The van der Waals surface area contributed by atoms with Crippen molar-refractivity contribution in [2.24, 2.45) is 0 Å². The molecule has 162 valence electrons. The summed E-state index contributed by atoms with van der Waals surface area (Å²) >= 11 is 6.37. The Morgan fingerprint density at radius 2 is 1.68 bits per heavy atom. The maximum atomic E-state index is 12.7. The number of fused-ring (bicyclic) bond motifs is 1. The summed E-state index contributed by atoms with van der Waals surface area (Å²) in [6, 6.07) is 15.7. The van der Waals surface area contributed by atoms with E-state index < -0.39 is 0 Å².